The Morgan fingerprint density at radius 3 is 2.96 bits per heavy atom. The number of hydrogen-bond donors (Lipinski definition) is 1. The predicted molar refractivity (Wildman–Crippen MR) is 104 cm³/mol. The molecule has 1 unspecified atom stereocenters. The molecule has 1 atom stereocenters. The average Bonchev–Trinajstić information content (AvgIpc) is 3.06. The highest BCUT2D eigenvalue weighted by Gasteiger charge is 2.35. The summed E-state index contributed by atoms with van der Waals surface area (Å²) in [5.41, 5.74) is 1.50. The van der Waals surface area contributed by atoms with Crippen LogP contribution in [0, 0.1) is 17.1 Å². The number of aromatic nitrogens is 2. The van der Waals surface area contributed by atoms with Gasteiger partial charge in [0.1, 0.15) is 23.5 Å². The van der Waals surface area contributed by atoms with Crippen LogP contribution in [0.3, 0.4) is 0 Å². The Morgan fingerprint density at radius 1 is 1.39 bits per heavy atom. The monoisotopic (exact) mass is 380 g/mol. The molecule has 144 valence electrons. The van der Waals surface area contributed by atoms with Crippen LogP contribution in [0.2, 0.25) is 0 Å². The summed E-state index contributed by atoms with van der Waals surface area (Å²) in [5.74, 6) is 0.799. The van der Waals surface area contributed by atoms with E-state index >= 15 is 0 Å². The molecule has 0 spiro atoms. The zero-order valence-electron chi connectivity index (χ0n) is 15.7. The van der Waals surface area contributed by atoms with Crippen molar-refractivity contribution in [3.8, 4) is 6.07 Å². The highest BCUT2D eigenvalue weighted by atomic mass is 19.1. The molecule has 0 amide bonds. The molecule has 0 radical (unpaired) electrons. The lowest BCUT2D eigenvalue weighted by Crippen LogP contribution is -2.50. The SMILES string of the molecule is C=C(C)N1CCN2c3cc(NCc4ccc(F)c(C#N)c4)nc(=O)n3CC2C1. The van der Waals surface area contributed by atoms with Crippen LogP contribution in [-0.2, 0) is 13.1 Å². The van der Waals surface area contributed by atoms with E-state index in [1.165, 1.54) is 12.1 Å². The maximum Gasteiger partial charge on any atom is 0.351 e. The average molecular weight is 380 g/mol. The lowest BCUT2D eigenvalue weighted by molar-refractivity contribution is 0.278. The molecule has 1 N–H and O–H groups in total. The minimum atomic E-state index is -0.542. The molecule has 1 aromatic heterocycles. The molecule has 2 aliphatic rings. The van der Waals surface area contributed by atoms with Gasteiger partial charge in [0.2, 0.25) is 0 Å². The van der Waals surface area contributed by atoms with Crippen molar-refractivity contribution in [2.75, 3.05) is 29.9 Å². The predicted octanol–water partition coefficient (Wildman–Crippen LogP) is 1.90. The highest BCUT2D eigenvalue weighted by molar-refractivity contribution is 5.53. The Balaban J connectivity index is 1.53. The van der Waals surface area contributed by atoms with Crippen molar-refractivity contribution in [1.82, 2.24) is 14.5 Å². The van der Waals surface area contributed by atoms with Gasteiger partial charge in [-0.05, 0) is 24.6 Å². The zero-order valence-corrected chi connectivity index (χ0v) is 15.7. The van der Waals surface area contributed by atoms with E-state index < -0.39 is 5.82 Å². The third kappa shape index (κ3) is 3.20. The summed E-state index contributed by atoms with van der Waals surface area (Å²) in [4.78, 5) is 21.1. The molecule has 2 aliphatic heterocycles. The minimum absolute atomic E-state index is 0.000457. The number of halogens is 1. The Morgan fingerprint density at radius 2 is 2.21 bits per heavy atom. The summed E-state index contributed by atoms with van der Waals surface area (Å²) < 4.78 is 15.2. The smallest absolute Gasteiger partial charge is 0.351 e. The van der Waals surface area contributed by atoms with Crippen LogP contribution in [0.25, 0.3) is 0 Å². The molecule has 7 nitrogen and oxygen atoms in total. The van der Waals surface area contributed by atoms with Gasteiger partial charge in [-0.3, -0.25) is 4.57 Å². The normalized spacial score (nSPS) is 17.7. The number of fused-ring (bicyclic) bond motifs is 3. The molecule has 0 saturated carbocycles. The van der Waals surface area contributed by atoms with E-state index in [9.17, 15) is 9.18 Å². The van der Waals surface area contributed by atoms with Gasteiger partial charge in [-0.15, -0.1) is 0 Å². The topological polar surface area (TPSA) is 77.2 Å². The van der Waals surface area contributed by atoms with Crippen molar-refractivity contribution in [2.24, 2.45) is 0 Å². The molecule has 3 heterocycles. The van der Waals surface area contributed by atoms with Gasteiger partial charge >= 0.3 is 5.69 Å². The van der Waals surface area contributed by atoms with Gasteiger partial charge in [0.05, 0.1) is 18.2 Å². The fourth-order valence-corrected chi connectivity index (χ4v) is 3.83. The molecule has 8 heteroatoms. The fraction of sp³-hybridized carbons (Fsp3) is 0.350. The van der Waals surface area contributed by atoms with Crippen LogP contribution in [0.4, 0.5) is 16.0 Å². The third-order valence-corrected chi connectivity index (χ3v) is 5.32. The first kappa shape index (κ1) is 18.0. The summed E-state index contributed by atoms with van der Waals surface area (Å²) in [6.45, 7) is 9.52. The second kappa shape index (κ2) is 7.00. The maximum absolute atomic E-state index is 13.5. The fourth-order valence-electron chi connectivity index (χ4n) is 3.83. The van der Waals surface area contributed by atoms with Gasteiger partial charge in [0.25, 0.3) is 0 Å². The first-order valence-electron chi connectivity index (χ1n) is 9.17. The summed E-state index contributed by atoms with van der Waals surface area (Å²) >= 11 is 0. The molecule has 2 aromatic rings. The zero-order chi connectivity index (χ0) is 19.8. The van der Waals surface area contributed by atoms with Gasteiger partial charge in [-0.2, -0.15) is 10.2 Å². The summed E-state index contributed by atoms with van der Waals surface area (Å²) in [5, 5.41) is 12.1. The number of nitriles is 1. The molecule has 1 fully saturated rings. The molecule has 1 aromatic carbocycles. The third-order valence-electron chi connectivity index (χ3n) is 5.32. The quantitative estimate of drug-likeness (QED) is 0.873. The lowest BCUT2D eigenvalue weighted by atomic mass is 10.1. The molecular formula is C20H21FN6O. The Kier molecular flexibility index (Phi) is 4.51. The standard InChI is InChI=1S/C20H21FN6O/c1-13(2)25-5-6-26-16(11-25)12-27-19(26)8-18(24-20(27)28)23-10-14-3-4-17(21)15(7-14)9-22/h3-4,7-8,16H,1,5-6,10-12H2,2H3,(H,23,24,28). The molecule has 0 bridgehead atoms. The minimum Gasteiger partial charge on any atom is -0.372 e. The van der Waals surface area contributed by atoms with Crippen LogP contribution < -0.4 is 15.9 Å². The van der Waals surface area contributed by atoms with E-state index in [0.717, 1.165) is 36.7 Å². The first-order valence-corrected chi connectivity index (χ1v) is 9.17. The van der Waals surface area contributed by atoms with Crippen LogP contribution >= 0.6 is 0 Å². The molecule has 4 rings (SSSR count). The second-order valence-electron chi connectivity index (χ2n) is 7.20. The Hall–Kier alpha value is -3.34. The molecule has 28 heavy (non-hydrogen) atoms. The van der Waals surface area contributed by atoms with Gasteiger partial charge in [0.15, 0.2) is 0 Å². The van der Waals surface area contributed by atoms with Crippen LogP contribution in [0.5, 0.6) is 0 Å². The van der Waals surface area contributed by atoms with Crippen molar-refractivity contribution in [3.63, 3.8) is 0 Å². The number of hydrogen-bond acceptors (Lipinski definition) is 6. The summed E-state index contributed by atoms with van der Waals surface area (Å²) in [6.07, 6.45) is 0. The summed E-state index contributed by atoms with van der Waals surface area (Å²) in [6, 6.07) is 8.31. The number of benzene rings is 1. The van der Waals surface area contributed by atoms with E-state index in [2.05, 4.69) is 26.7 Å². The van der Waals surface area contributed by atoms with Crippen molar-refractivity contribution < 1.29 is 4.39 Å². The van der Waals surface area contributed by atoms with Gasteiger partial charge in [-0.25, -0.2) is 9.18 Å². The van der Waals surface area contributed by atoms with Crippen molar-refractivity contribution in [1.29, 1.82) is 5.26 Å². The molecule has 1 saturated heterocycles. The van der Waals surface area contributed by atoms with Gasteiger partial charge in [-0.1, -0.05) is 12.6 Å². The van der Waals surface area contributed by atoms with E-state index in [1.54, 1.807) is 10.6 Å². The largest absolute Gasteiger partial charge is 0.372 e. The van der Waals surface area contributed by atoms with Crippen LogP contribution in [0.15, 0.2) is 41.3 Å². The van der Waals surface area contributed by atoms with Crippen LogP contribution in [0.1, 0.15) is 18.1 Å². The van der Waals surface area contributed by atoms with Crippen molar-refractivity contribution in [2.45, 2.75) is 26.1 Å². The number of piperazine rings is 1. The van der Waals surface area contributed by atoms with E-state index in [1.807, 2.05) is 19.1 Å². The van der Waals surface area contributed by atoms with Crippen molar-refractivity contribution in [3.05, 3.63) is 64.0 Å². The first-order chi connectivity index (χ1) is 13.5. The number of nitrogens with one attached hydrogen (secondary N) is 1. The highest BCUT2D eigenvalue weighted by Crippen LogP contribution is 2.29. The van der Waals surface area contributed by atoms with Crippen molar-refractivity contribution >= 4 is 11.6 Å². The van der Waals surface area contributed by atoms with E-state index in [4.69, 9.17) is 5.26 Å². The number of rotatable bonds is 4. The number of allylic oxidation sites excluding steroid dienone is 1. The second-order valence-corrected chi connectivity index (χ2v) is 7.20. The maximum atomic E-state index is 13.5. The van der Waals surface area contributed by atoms with E-state index in [-0.39, 0.29) is 17.3 Å². The Labute approximate surface area is 162 Å². The van der Waals surface area contributed by atoms with Gasteiger partial charge in [0, 0.05) is 37.9 Å². The number of nitrogens with zero attached hydrogens (tertiary/aromatic N) is 5. The van der Waals surface area contributed by atoms with Gasteiger partial charge < -0.3 is 15.1 Å². The van der Waals surface area contributed by atoms with Crippen LogP contribution in [-0.4, -0.2) is 40.1 Å². The summed E-state index contributed by atoms with van der Waals surface area (Å²) in [7, 11) is 0. The molecular weight excluding hydrogens is 359 g/mol. The lowest BCUT2D eigenvalue weighted by Gasteiger charge is -2.39. The van der Waals surface area contributed by atoms with E-state index in [0.29, 0.717) is 18.9 Å². The Bertz CT molecular complexity index is 1040. The number of anilines is 2. The molecule has 0 aliphatic carbocycles.